The summed E-state index contributed by atoms with van der Waals surface area (Å²) in [7, 11) is 2.02. The molecule has 1 atom stereocenters. The minimum absolute atomic E-state index is 0.633. The summed E-state index contributed by atoms with van der Waals surface area (Å²) in [6.45, 7) is 29.8. The van der Waals surface area contributed by atoms with E-state index in [1.807, 2.05) is 50.8 Å². The highest BCUT2D eigenvalue weighted by Gasteiger charge is 2.18. The van der Waals surface area contributed by atoms with Crippen molar-refractivity contribution in [3.63, 3.8) is 0 Å². The molecule has 1 unspecified atom stereocenters. The lowest BCUT2D eigenvalue weighted by atomic mass is 9.98. The number of aryl methyl sites for hydroxylation is 1. The van der Waals surface area contributed by atoms with E-state index in [1.165, 1.54) is 28.8 Å². The van der Waals surface area contributed by atoms with E-state index in [-0.39, 0.29) is 0 Å². The maximum absolute atomic E-state index is 4.92. The maximum atomic E-state index is 4.92. The monoisotopic (exact) mass is 764 g/mol. The zero-order valence-corrected chi connectivity index (χ0v) is 33.6. The minimum Gasteiger partial charge on any atom is -0.403 e. The Morgan fingerprint density at radius 1 is 1.10 bits per heavy atom. The van der Waals surface area contributed by atoms with Crippen molar-refractivity contribution in [3.8, 4) is 0 Å². The largest absolute Gasteiger partial charge is 0.403 e. The van der Waals surface area contributed by atoms with Crippen LogP contribution >= 0.6 is 15.9 Å². The lowest BCUT2D eigenvalue weighted by molar-refractivity contribution is 0.244. The quantitative estimate of drug-likeness (QED) is 0.0610. The number of pyridine rings is 2. The predicted octanol–water partition coefficient (Wildman–Crippen LogP) is 9.33. The van der Waals surface area contributed by atoms with Crippen molar-refractivity contribution in [1.29, 1.82) is 0 Å². The van der Waals surface area contributed by atoms with Gasteiger partial charge >= 0.3 is 0 Å². The van der Waals surface area contributed by atoms with Crippen molar-refractivity contribution >= 4 is 43.7 Å². The van der Waals surface area contributed by atoms with Crippen LogP contribution < -0.4 is 11.1 Å². The van der Waals surface area contributed by atoms with E-state index in [0.29, 0.717) is 18.2 Å². The average molecular weight is 766 g/mol. The number of hydrogen-bond donors (Lipinski definition) is 2. The van der Waals surface area contributed by atoms with Gasteiger partial charge in [0.25, 0.3) is 0 Å². The zero-order chi connectivity index (χ0) is 38.2. The molecule has 0 saturated heterocycles. The van der Waals surface area contributed by atoms with Gasteiger partial charge < -0.3 is 11.1 Å². The molecule has 5 rings (SSSR count). The first-order valence-electron chi connectivity index (χ1n) is 17.8. The van der Waals surface area contributed by atoms with Crippen molar-refractivity contribution in [2.45, 2.75) is 73.5 Å². The summed E-state index contributed by atoms with van der Waals surface area (Å²) in [5.74, 6) is 0.667. The summed E-state index contributed by atoms with van der Waals surface area (Å²) >= 11 is 3.54. The van der Waals surface area contributed by atoms with Gasteiger partial charge in [-0.15, -0.1) is 6.58 Å². The Labute approximate surface area is 320 Å². The Hall–Kier alpha value is -4.44. The second-order valence-corrected chi connectivity index (χ2v) is 14.4. The number of aromatic nitrogens is 4. The third kappa shape index (κ3) is 13.0. The van der Waals surface area contributed by atoms with E-state index in [0.717, 1.165) is 82.8 Å². The molecule has 0 bridgehead atoms. The molecule has 0 aliphatic carbocycles. The van der Waals surface area contributed by atoms with Crippen molar-refractivity contribution < 1.29 is 0 Å². The molecule has 4 aromatic rings. The summed E-state index contributed by atoms with van der Waals surface area (Å²) in [6, 6.07) is 15.2. The van der Waals surface area contributed by atoms with E-state index in [9.17, 15) is 0 Å². The van der Waals surface area contributed by atoms with Crippen LogP contribution in [0.25, 0.3) is 22.0 Å². The van der Waals surface area contributed by atoms with E-state index >= 15 is 0 Å². The highest BCUT2D eigenvalue weighted by Crippen LogP contribution is 2.27. The van der Waals surface area contributed by atoms with Crippen molar-refractivity contribution in [2.75, 3.05) is 20.1 Å². The Kier molecular flexibility index (Phi) is 17.1. The van der Waals surface area contributed by atoms with Crippen LogP contribution in [-0.4, -0.2) is 50.5 Å². The SMILES string of the molecule is C=C(C)N.C=CCn1nc(C(=C)C)c2cc(/C(C=C)=C/N=C(C)C)ncc21.CNCC(C)CCc1nc(Br)ccc1CN1CCc2ccccc2C1. The number of nitrogens with one attached hydrogen (secondary N) is 1. The van der Waals surface area contributed by atoms with Gasteiger partial charge in [-0.05, 0) is 122 Å². The number of allylic oxidation sites excluding steroid dienone is 5. The summed E-state index contributed by atoms with van der Waals surface area (Å²) in [6.07, 6.45) is 10.5. The Morgan fingerprint density at radius 3 is 2.44 bits per heavy atom. The van der Waals surface area contributed by atoms with Gasteiger partial charge in [0, 0.05) is 48.2 Å². The molecular weight excluding hydrogens is 708 g/mol. The smallest absolute Gasteiger partial charge is 0.106 e. The Morgan fingerprint density at radius 2 is 1.81 bits per heavy atom. The van der Waals surface area contributed by atoms with Gasteiger partial charge in [-0.3, -0.25) is 19.6 Å². The molecule has 0 spiro atoms. The molecule has 3 N–H and O–H groups in total. The summed E-state index contributed by atoms with van der Waals surface area (Å²) in [5, 5.41) is 8.90. The first-order chi connectivity index (χ1) is 24.9. The highest BCUT2D eigenvalue weighted by atomic mass is 79.9. The predicted molar refractivity (Wildman–Crippen MR) is 226 cm³/mol. The Bertz CT molecular complexity index is 1890. The number of nitrogens with zero attached hydrogens (tertiary/aromatic N) is 6. The number of halogens is 1. The molecule has 52 heavy (non-hydrogen) atoms. The van der Waals surface area contributed by atoms with Crippen LogP contribution in [0.4, 0.5) is 0 Å². The molecule has 0 fully saturated rings. The fourth-order valence-electron chi connectivity index (χ4n) is 5.86. The van der Waals surface area contributed by atoms with Gasteiger partial charge in [0.1, 0.15) is 4.60 Å². The van der Waals surface area contributed by atoms with Crippen LogP contribution in [0.5, 0.6) is 0 Å². The lowest BCUT2D eigenvalue weighted by Gasteiger charge is -2.29. The topological polar surface area (TPSA) is 97.2 Å². The normalized spacial score (nSPS) is 13.1. The van der Waals surface area contributed by atoms with Crippen LogP contribution in [0.1, 0.15) is 74.8 Å². The van der Waals surface area contributed by atoms with Gasteiger partial charge in [-0.1, -0.05) is 69.1 Å². The summed E-state index contributed by atoms with van der Waals surface area (Å²) in [4.78, 5) is 16.2. The molecule has 0 radical (unpaired) electrons. The molecule has 3 aromatic heterocycles. The molecule has 9 heteroatoms. The number of hydrogen-bond acceptors (Lipinski definition) is 7. The van der Waals surface area contributed by atoms with Crippen LogP contribution in [0.15, 0.2) is 109 Å². The van der Waals surface area contributed by atoms with Crippen LogP contribution in [0.2, 0.25) is 0 Å². The van der Waals surface area contributed by atoms with Gasteiger partial charge in [-0.2, -0.15) is 5.10 Å². The number of fused-ring (bicyclic) bond motifs is 2. The molecule has 8 nitrogen and oxygen atoms in total. The molecule has 0 saturated carbocycles. The first-order valence-corrected chi connectivity index (χ1v) is 18.6. The minimum atomic E-state index is 0.633. The fraction of sp³-hybridized carbons (Fsp3) is 0.349. The maximum Gasteiger partial charge on any atom is 0.106 e. The number of nitrogens with two attached hydrogens (primary N) is 1. The van der Waals surface area contributed by atoms with Gasteiger partial charge in [-0.25, -0.2) is 4.98 Å². The van der Waals surface area contributed by atoms with Gasteiger partial charge in [0.05, 0.1) is 29.6 Å². The second-order valence-electron chi connectivity index (χ2n) is 13.6. The highest BCUT2D eigenvalue weighted by molar-refractivity contribution is 9.10. The molecule has 0 amide bonds. The number of benzene rings is 1. The fourth-order valence-corrected chi connectivity index (χ4v) is 6.20. The van der Waals surface area contributed by atoms with Gasteiger partial charge in [0.2, 0.25) is 0 Å². The first kappa shape index (κ1) is 42.0. The second kappa shape index (κ2) is 21.2. The molecule has 1 aliphatic rings. The third-order valence-corrected chi connectivity index (χ3v) is 8.83. The summed E-state index contributed by atoms with van der Waals surface area (Å²) in [5.41, 5.74) is 16.6. The molecule has 1 aliphatic heterocycles. The number of rotatable bonds is 13. The molecular formula is C43H57BrN8. The zero-order valence-electron chi connectivity index (χ0n) is 32.1. The van der Waals surface area contributed by atoms with Crippen molar-refractivity contribution in [3.05, 3.63) is 137 Å². The van der Waals surface area contributed by atoms with Gasteiger partial charge in [0.15, 0.2) is 0 Å². The van der Waals surface area contributed by atoms with E-state index in [1.54, 1.807) is 19.2 Å². The van der Waals surface area contributed by atoms with Crippen LogP contribution in [0, 0.1) is 5.92 Å². The Balaban J connectivity index is 0.000000255. The third-order valence-electron chi connectivity index (χ3n) is 8.39. The average Bonchev–Trinajstić information content (AvgIpc) is 3.47. The van der Waals surface area contributed by atoms with E-state index in [4.69, 9.17) is 10.7 Å². The van der Waals surface area contributed by atoms with Crippen LogP contribution in [-0.2, 0) is 32.5 Å². The summed E-state index contributed by atoms with van der Waals surface area (Å²) < 4.78 is 2.82. The van der Waals surface area contributed by atoms with Crippen LogP contribution in [0.3, 0.4) is 0 Å². The number of aliphatic imine (C=N–C) groups is 1. The standard InChI is InChI=1S/C21H28BrN3.C19H22N4.C3H7N/c1-16(13-23-2)7-9-20-19(8-10-21(22)24-20)15-25-12-11-17-5-3-4-6-18(17)14-25;1-7-9-23-18-12-21-17(15(8-2)11-20-14(5)6)10-16(18)19(22-23)13(3)4;1-3(2)4/h3-6,8,10,16,23H,7,9,11-15H2,1-2H3;7-8,10-12H,1-3,9H2,4-6H3;1,4H2,2H3/b;15-11+;. The van der Waals surface area contributed by atoms with Crippen molar-refractivity contribution in [1.82, 2.24) is 30.0 Å². The van der Waals surface area contributed by atoms with E-state index < -0.39 is 0 Å². The lowest BCUT2D eigenvalue weighted by Crippen LogP contribution is -2.30. The molecule has 4 heterocycles. The molecule has 276 valence electrons. The van der Waals surface area contributed by atoms with E-state index in [2.05, 4.69) is 111 Å². The van der Waals surface area contributed by atoms with Crippen molar-refractivity contribution in [2.24, 2.45) is 16.6 Å². The molecule has 1 aromatic carbocycles.